The Balaban J connectivity index is 0. The number of quaternary nitrogens is 1. The van der Waals surface area contributed by atoms with Gasteiger partial charge in [0.15, 0.2) is 0 Å². The first-order chi connectivity index (χ1) is 8.49. The molecule has 2 heteroatoms. The molecule has 1 nitrogen and oxygen atoms in total. The molecule has 0 amide bonds. The molecule has 0 rings (SSSR count). The zero-order chi connectivity index (χ0) is 14.0. The highest BCUT2D eigenvalue weighted by Gasteiger charge is 2.22. The van der Waals surface area contributed by atoms with Crippen LogP contribution in [0.25, 0.3) is 0 Å². The van der Waals surface area contributed by atoms with Crippen LogP contribution in [-0.4, -0.2) is 30.7 Å². The van der Waals surface area contributed by atoms with Crippen molar-refractivity contribution in [2.24, 2.45) is 5.92 Å². The average Bonchev–Trinajstić information content (AvgIpc) is 2.34. The maximum atomic E-state index is 2.42. The van der Waals surface area contributed by atoms with Gasteiger partial charge in [0, 0.05) is 0 Å². The summed E-state index contributed by atoms with van der Waals surface area (Å²) >= 11 is 0. The highest BCUT2D eigenvalue weighted by atomic mass is 79.9. The van der Waals surface area contributed by atoms with E-state index in [1.54, 1.807) is 0 Å². The van der Waals surface area contributed by atoms with Gasteiger partial charge in [0.05, 0.1) is 26.2 Å². The number of hydrogen-bond donors (Lipinski definition) is 0. The molecule has 0 bridgehead atoms. The van der Waals surface area contributed by atoms with Gasteiger partial charge in [-0.05, 0) is 59.3 Å². The van der Waals surface area contributed by atoms with Crippen molar-refractivity contribution in [1.82, 2.24) is 0 Å². The maximum absolute atomic E-state index is 2.42. The van der Waals surface area contributed by atoms with Crippen LogP contribution in [0.4, 0.5) is 0 Å². The zero-order valence-corrected chi connectivity index (χ0v) is 15.7. The predicted octanol–water partition coefficient (Wildman–Crippen LogP) is 2.03. The molecule has 0 saturated carbocycles. The van der Waals surface area contributed by atoms with E-state index in [9.17, 15) is 0 Å². The van der Waals surface area contributed by atoms with Gasteiger partial charge in [0.1, 0.15) is 0 Å². The van der Waals surface area contributed by atoms with E-state index in [1.807, 2.05) is 0 Å². The first kappa shape index (κ1) is 21.5. The van der Waals surface area contributed by atoms with E-state index < -0.39 is 0 Å². The Bertz CT molecular complexity index is 227. The van der Waals surface area contributed by atoms with E-state index in [-0.39, 0.29) is 17.0 Å². The van der Waals surface area contributed by atoms with E-state index in [0.29, 0.717) is 0 Å². The van der Waals surface area contributed by atoms with Crippen molar-refractivity contribution in [2.75, 3.05) is 26.2 Å². The summed E-state index contributed by atoms with van der Waals surface area (Å²) < 4.78 is 1.32. The van der Waals surface area contributed by atoms with E-state index in [0.717, 1.165) is 5.92 Å². The minimum atomic E-state index is 0. The summed E-state index contributed by atoms with van der Waals surface area (Å²) in [6, 6.07) is 0. The molecule has 19 heavy (non-hydrogen) atoms. The number of rotatable bonds is 10. The lowest BCUT2D eigenvalue weighted by Crippen LogP contribution is -3.00. The second kappa shape index (κ2) is 12.0. The SMILES string of the molecule is CCC[N+](CC)(CC)CC[C@@H](C)CCC=C(C)C.[Br-]. The Kier molecular flexibility index (Phi) is 13.5. The second-order valence-corrected chi connectivity index (χ2v) is 6.17. The molecule has 0 spiro atoms. The minimum absolute atomic E-state index is 0. The Labute approximate surface area is 132 Å². The van der Waals surface area contributed by atoms with Crippen LogP contribution >= 0.6 is 0 Å². The third-order valence-electron chi connectivity index (χ3n) is 4.35. The molecule has 0 fully saturated rings. The van der Waals surface area contributed by atoms with E-state index in [2.05, 4.69) is 47.6 Å². The van der Waals surface area contributed by atoms with Crippen LogP contribution in [0.3, 0.4) is 0 Å². The van der Waals surface area contributed by atoms with Crippen LogP contribution in [0.5, 0.6) is 0 Å². The highest BCUT2D eigenvalue weighted by Crippen LogP contribution is 2.17. The molecule has 0 radical (unpaired) electrons. The average molecular weight is 334 g/mol. The molecule has 0 aliphatic rings. The van der Waals surface area contributed by atoms with Crippen LogP contribution in [0.15, 0.2) is 11.6 Å². The number of allylic oxidation sites excluding steroid dienone is 2. The molecule has 0 heterocycles. The number of halogens is 1. The summed E-state index contributed by atoms with van der Waals surface area (Å²) in [4.78, 5) is 0. The maximum Gasteiger partial charge on any atom is 0.0789 e. The molecule has 0 aromatic rings. The van der Waals surface area contributed by atoms with Crippen molar-refractivity contribution in [3.8, 4) is 0 Å². The van der Waals surface area contributed by atoms with Crippen molar-refractivity contribution in [3.63, 3.8) is 0 Å². The van der Waals surface area contributed by atoms with Gasteiger partial charge in [-0.2, -0.15) is 0 Å². The largest absolute Gasteiger partial charge is 1.00 e. The highest BCUT2D eigenvalue weighted by molar-refractivity contribution is 4.92. The molecule has 0 unspecified atom stereocenters. The smallest absolute Gasteiger partial charge is 0.0789 e. The molecule has 0 aromatic carbocycles. The second-order valence-electron chi connectivity index (χ2n) is 6.17. The molecular weight excluding hydrogens is 298 g/mol. The molecule has 1 atom stereocenters. The predicted molar refractivity (Wildman–Crippen MR) is 83.8 cm³/mol. The quantitative estimate of drug-likeness (QED) is 0.424. The third-order valence-corrected chi connectivity index (χ3v) is 4.35. The van der Waals surface area contributed by atoms with E-state index in [1.165, 1.54) is 61.9 Å². The summed E-state index contributed by atoms with van der Waals surface area (Å²) in [5.41, 5.74) is 1.46. The lowest BCUT2D eigenvalue weighted by atomic mass is 10.00. The molecule has 0 aliphatic heterocycles. The van der Waals surface area contributed by atoms with Crippen molar-refractivity contribution in [3.05, 3.63) is 11.6 Å². The van der Waals surface area contributed by atoms with Crippen molar-refractivity contribution < 1.29 is 21.5 Å². The third kappa shape index (κ3) is 9.67. The van der Waals surface area contributed by atoms with Gasteiger partial charge in [-0.1, -0.05) is 25.5 Å². The molecule has 116 valence electrons. The molecular formula is C17H36BrN. The number of nitrogens with zero attached hydrogens (tertiary/aromatic N) is 1. The summed E-state index contributed by atoms with van der Waals surface area (Å²) in [6.07, 6.45) is 7.69. The fraction of sp³-hybridized carbons (Fsp3) is 0.882. The summed E-state index contributed by atoms with van der Waals surface area (Å²) in [5.74, 6) is 0.869. The van der Waals surface area contributed by atoms with Gasteiger partial charge < -0.3 is 21.5 Å². The van der Waals surface area contributed by atoms with Gasteiger partial charge in [-0.15, -0.1) is 0 Å². The van der Waals surface area contributed by atoms with Crippen LogP contribution in [0.2, 0.25) is 0 Å². The Morgan fingerprint density at radius 3 is 2.00 bits per heavy atom. The van der Waals surface area contributed by atoms with Gasteiger partial charge in [0.2, 0.25) is 0 Å². The van der Waals surface area contributed by atoms with Gasteiger partial charge in [-0.25, -0.2) is 0 Å². The fourth-order valence-corrected chi connectivity index (χ4v) is 2.74. The minimum Gasteiger partial charge on any atom is -1.00 e. The van der Waals surface area contributed by atoms with Crippen LogP contribution < -0.4 is 17.0 Å². The van der Waals surface area contributed by atoms with Crippen molar-refractivity contribution >= 4 is 0 Å². The van der Waals surface area contributed by atoms with Crippen molar-refractivity contribution in [1.29, 1.82) is 0 Å². The molecule has 0 aromatic heterocycles. The van der Waals surface area contributed by atoms with Crippen molar-refractivity contribution in [2.45, 2.75) is 67.2 Å². The first-order valence-corrected chi connectivity index (χ1v) is 7.98. The molecule has 0 saturated heterocycles. The van der Waals surface area contributed by atoms with E-state index >= 15 is 0 Å². The van der Waals surface area contributed by atoms with Crippen LogP contribution in [0, 0.1) is 5.92 Å². The Hall–Kier alpha value is 0.180. The molecule has 0 aliphatic carbocycles. The Morgan fingerprint density at radius 1 is 1.00 bits per heavy atom. The van der Waals surface area contributed by atoms with Gasteiger partial charge in [0.25, 0.3) is 0 Å². The summed E-state index contributed by atoms with van der Waals surface area (Å²) in [6.45, 7) is 19.2. The first-order valence-electron chi connectivity index (χ1n) is 7.98. The standard InChI is InChI=1S/C17H36N.BrH/c1-7-14-18(8-2,9-3)15-13-17(6)12-10-11-16(4)5;/h11,17H,7-10,12-15H2,1-6H3;1H/q+1;/p-1/t17-;/m0./s1. The monoisotopic (exact) mass is 333 g/mol. The van der Waals surface area contributed by atoms with Gasteiger partial charge in [-0.3, -0.25) is 0 Å². The summed E-state index contributed by atoms with van der Waals surface area (Å²) in [7, 11) is 0. The summed E-state index contributed by atoms with van der Waals surface area (Å²) in [5, 5.41) is 0. The van der Waals surface area contributed by atoms with Crippen LogP contribution in [0.1, 0.15) is 67.2 Å². The normalized spacial score (nSPS) is 12.7. The lowest BCUT2D eigenvalue weighted by molar-refractivity contribution is -0.925. The topological polar surface area (TPSA) is 0 Å². The Morgan fingerprint density at radius 2 is 1.58 bits per heavy atom. The van der Waals surface area contributed by atoms with Crippen LogP contribution in [-0.2, 0) is 0 Å². The molecule has 0 N–H and O–H groups in total. The number of hydrogen-bond acceptors (Lipinski definition) is 0. The zero-order valence-electron chi connectivity index (χ0n) is 14.1. The fourth-order valence-electron chi connectivity index (χ4n) is 2.74. The lowest BCUT2D eigenvalue weighted by Gasteiger charge is -2.37. The van der Waals surface area contributed by atoms with Gasteiger partial charge >= 0.3 is 0 Å². The van der Waals surface area contributed by atoms with E-state index in [4.69, 9.17) is 0 Å².